The van der Waals surface area contributed by atoms with Gasteiger partial charge in [-0.3, -0.25) is 0 Å². The zero-order valence-corrected chi connectivity index (χ0v) is 11.7. The average molecular weight is 283 g/mol. The van der Waals surface area contributed by atoms with Gasteiger partial charge >= 0.3 is 0 Å². The van der Waals surface area contributed by atoms with E-state index < -0.39 is 0 Å². The van der Waals surface area contributed by atoms with Crippen LogP contribution >= 0.6 is 11.6 Å². The number of hydrogen-bond acceptors (Lipinski definition) is 3. The number of nitrogens with zero attached hydrogens (tertiary/aromatic N) is 3. The Morgan fingerprint density at radius 2 is 2.21 bits per heavy atom. The van der Waals surface area contributed by atoms with Gasteiger partial charge in [0.25, 0.3) is 0 Å². The molecule has 0 aliphatic heterocycles. The topological polar surface area (TPSA) is 42.7 Å². The number of benzene rings is 1. The van der Waals surface area contributed by atoms with E-state index in [0.717, 1.165) is 12.2 Å². The van der Waals surface area contributed by atoms with Crippen LogP contribution in [0.15, 0.2) is 24.4 Å². The summed E-state index contributed by atoms with van der Waals surface area (Å²) in [6.45, 7) is 5.76. The van der Waals surface area contributed by atoms with Gasteiger partial charge in [0, 0.05) is 12.6 Å². The molecule has 0 aliphatic carbocycles. The van der Waals surface area contributed by atoms with Crippen LogP contribution < -0.4 is 5.32 Å². The van der Waals surface area contributed by atoms with Gasteiger partial charge in [0.15, 0.2) is 0 Å². The van der Waals surface area contributed by atoms with Crippen molar-refractivity contribution in [2.75, 3.05) is 6.54 Å². The molecule has 6 heteroatoms. The van der Waals surface area contributed by atoms with E-state index in [0.29, 0.717) is 23.2 Å². The van der Waals surface area contributed by atoms with Crippen LogP contribution in [-0.2, 0) is 6.54 Å². The van der Waals surface area contributed by atoms with Gasteiger partial charge in [0.05, 0.1) is 22.6 Å². The average Bonchev–Trinajstić information content (AvgIpc) is 2.80. The van der Waals surface area contributed by atoms with Gasteiger partial charge in [-0.2, -0.15) is 0 Å². The highest BCUT2D eigenvalue weighted by Gasteiger charge is 2.10. The Morgan fingerprint density at radius 3 is 2.95 bits per heavy atom. The first-order chi connectivity index (χ1) is 9.08. The quantitative estimate of drug-likeness (QED) is 0.917. The SMILES string of the molecule is CC(C)CNCc1cnnn1-c1cc(F)ccc1Cl. The van der Waals surface area contributed by atoms with E-state index in [1.54, 1.807) is 10.9 Å². The second-order valence-corrected chi connectivity index (χ2v) is 5.16. The van der Waals surface area contributed by atoms with Crippen molar-refractivity contribution < 1.29 is 4.39 Å². The van der Waals surface area contributed by atoms with Crippen molar-refractivity contribution >= 4 is 11.6 Å². The van der Waals surface area contributed by atoms with Crippen molar-refractivity contribution in [1.82, 2.24) is 20.3 Å². The van der Waals surface area contributed by atoms with Crippen LogP contribution in [0.3, 0.4) is 0 Å². The molecule has 2 rings (SSSR count). The van der Waals surface area contributed by atoms with Gasteiger partial charge in [0.1, 0.15) is 5.82 Å². The van der Waals surface area contributed by atoms with Gasteiger partial charge in [-0.05, 0) is 24.6 Å². The van der Waals surface area contributed by atoms with Gasteiger partial charge in [-0.15, -0.1) is 5.10 Å². The van der Waals surface area contributed by atoms with Gasteiger partial charge in [-0.25, -0.2) is 9.07 Å². The fraction of sp³-hybridized carbons (Fsp3) is 0.385. The number of nitrogens with one attached hydrogen (secondary N) is 1. The summed E-state index contributed by atoms with van der Waals surface area (Å²) in [6, 6.07) is 4.18. The van der Waals surface area contributed by atoms with E-state index in [2.05, 4.69) is 29.5 Å². The van der Waals surface area contributed by atoms with Crippen molar-refractivity contribution in [1.29, 1.82) is 0 Å². The van der Waals surface area contributed by atoms with Crippen LogP contribution in [0.1, 0.15) is 19.5 Å². The maximum Gasteiger partial charge on any atom is 0.125 e. The van der Waals surface area contributed by atoms with E-state index in [-0.39, 0.29) is 5.82 Å². The number of rotatable bonds is 5. The Bertz CT molecular complexity index is 553. The van der Waals surface area contributed by atoms with Gasteiger partial charge in [0.2, 0.25) is 0 Å². The van der Waals surface area contributed by atoms with Crippen molar-refractivity contribution in [3.63, 3.8) is 0 Å². The molecule has 0 atom stereocenters. The van der Waals surface area contributed by atoms with Crippen LogP contribution in [0, 0.1) is 11.7 Å². The molecular formula is C13H16ClFN4. The maximum absolute atomic E-state index is 13.3. The van der Waals surface area contributed by atoms with Crippen molar-refractivity contribution in [2.45, 2.75) is 20.4 Å². The zero-order chi connectivity index (χ0) is 13.8. The molecule has 0 fully saturated rings. The summed E-state index contributed by atoms with van der Waals surface area (Å²) in [7, 11) is 0. The highest BCUT2D eigenvalue weighted by molar-refractivity contribution is 6.32. The molecule has 0 aliphatic rings. The molecular weight excluding hydrogens is 267 g/mol. The molecule has 1 N–H and O–H groups in total. The Morgan fingerprint density at radius 1 is 1.42 bits per heavy atom. The van der Waals surface area contributed by atoms with Crippen LogP contribution in [0.5, 0.6) is 0 Å². The molecule has 1 aromatic heterocycles. The van der Waals surface area contributed by atoms with E-state index >= 15 is 0 Å². The first-order valence-corrected chi connectivity index (χ1v) is 6.51. The predicted octanol–water partition coefficient (Wildman–Crippen LogP) is 2.81. The second-order valence-electron chi connectivity index (χ2n) is 4.76. The minimum Gasteiger partial charge on any atom is -0.311 e. The van der Waals surface area contributed by atoms with Crippen LogP contribution in [0.25, 0.3) is 5.69 Å². The third-order valence-corrected chi connectivity index (χ3v) is 2.93. The standard InChI is InChI=1S/C13H16ClFN4/c1-9(2)6-16-7-11-8-17-18-19(11)13-5-10(15)3-4-12(13)14/h3-5,8-9,16H,6-7H2,1-2H3. The minimum atomic E-state index is -0.351. The summed E-state index contributed by atoms with van der Waals surface area (Å²) < 4.78 is 14.8. The molecule has 4 nitrogen and oxygen atoms in total. The number of aromatic nitrogens is 3. The van der Waals surface area contributed by atoms with Crippen LogP contribution in [0.2, 0.25) is 5.02 Å². The summed E-state index contributed by atoms with van der Waals surface area (Å²) >= 11 is 6.07. The van der Waals surface area contributed by atoms with E-state index in [4.69, 9.17) is 11.6 Å². The lowest BCUT2D eigenvalue weighted by Gasteiger charge is -2.10. The molecule has 0 saturated heterocycles. The first-order valence-electron chi connectivity index (χ1n) is 6.13. The molecule has 0 amide bonds. The molecule has 102 valence electrons. The summed E-state index contributed by atoms with van der Waals surface area (Å²) in [6.07, 6.45) is 1.65. The lowest BCUT2D eigenvalue weighted by molar-refractivity contribution is 0.542. The smallest absolute Gasteiger partial charge is 0.125 e. The monoisotopic (exact) mass is 282 g/mol. The Kier molecular flexibility index (Phi) is 4.50. The fourth-order valence-corrected chi connectivity index (χ4v) is 1.91. The first kappa shape index (κ1) is 14.0. The second kappa shape index (κ2) is 6.12. The maximum atomic E-state index is 13.3. The van der Waals surface area contributed by atoms with Crippen LogP contribution in [-0.4, -0.2) is 21.5 Å². The molecule has 0 radical (unpaired) electrons. The van der Waals surface area contributed by atoms with Crippen molar-refractivity contribution in [3.05, 3.63) is 40.9 Å². The number of halogens is 2. The van der Waals surface area contributed by atoms with Gasteiger partial charge < -0.3 is 5.32 Å². The fourth-order valence-electron chi connectivity index (χ4n) is 1.72. The Hall–Kier alpha value is -1.46. The molecule has 1 heterocycles. The number of hydrogen-bond donors (Lipinski definition) is 1. The summed E-state index contributed by atoms with van der Waals surface area (Å²) in [5, 5.41) is 11.6. The molecule has 1 aromatic carbocycles. The molecule has 19 heavy (non-hydrogen) atoms. The van der Waals surface area contributed by atoms with Crippen molar-refractivity contribution in [3.8, 4) is 5.69 Å². The largest absolute Gasteiger partial charge is 0.311 e. The molecule has 0 bridgehead atoms. The highest BCUT2D eigenvalue weighted by Crippen LogP contribution is 2.21. The van der Waals surface area contributed by atoms with E-state index in [9.17, 15) is 4.39 Å². The Labute approximate surface area is 116 Å². The third-order valence-electron chi connectivity index (χ3n) is 2.61. The molecule has 0 saturated carbocycles. The molecule has 0 unspecified atom stereocenters. The minimum absolute atomic E-state index is 0.351. The molecule has 0 spiro atoms. The molecule has 2 aromatic rings. The van der Waals surface area contributed by atoms with E-state index in [1.165, 1.54) is 18.2 Å². The van der Waals surface area contributed by atoms with Crippen LogP contribution in [0.4, 0.5) is 4.39 Å². The summed E-state index contributed by atoms with van der Waals surface area (Å²) in [5.41, 5.74) is 1.34. The lowest BCUT2D eigenvalue weighted by Crippen LogP contribution is -2.20. The Balaban J connectivity index is 2.21. The predicted molar refractivity (Wildman–Crippen MR) is 72.9 cm³/mol. The lowest BCUT2D eigenvalue weighted by atomic mass is 10.2. The highest BCUT2D eigenvalue weighted by atomic mass is 35.5. The summed E-state index contributed by atoms with van der Waals surface area (Å²) in [4.78, 5) is 0. The van der Waals surface area contributed by atoms with Crippen molar-refractivity contribution in [2.24, 2.45) is 5.92 Å². The normalized spacial score (nSPS) is 11.2. The van der Waals surface area contributed by atoms with Gasteiger partial charge in [-0.1, -0.05) is 30.7 Å². The summed E-state index contributed by atoms with van der Waals surface area (Å²) in [5.74, 6) is 0.207. The zero-order valence-electron chi connectivity index (χ0n) is 10.9. The third kappa shape index (κ3) is 3.52. The van der Waals surface area contributed by atoms with E-state index in [1.807, 2.05) is 0 Å².